The Morgan fingerprint density at radius 3 is 2.40 bits per heavy atom. The minimum atomic E-state index is -0.640. The Balaban J connectivity index is 0.000000187. The van der Waals surface area contributed by atoms with E-state index >= 15 is 0 Å². The molecule has 1 aliphatic rings. The quantitative estimate of drug-likeness (QED) is 0.550. The number of benzene rings is 2. The fourth-order valence-electron chi connectivity index (χ4n) is 3.22. The molecule has 1 saturated carbocycles. The van der Waals surface area contributed by atoms with Crippen molar-refractivity contribution in [3.63, 3.8) is 0 Å². The first-order valence-electron chi connectivity index (χ1n) is 10.1. The monoisotopic (exact) mass is 418 g/mol. The molecule has 0 saturated heterocycles. The highest BCUT2D eigenvalue weighted by atomic mass is 19.1. The number of hydrogen-bond acceptors (Lipinski definition) is 2. The molecule has 1 aliphatic carbocycles. The summed E-state index contributed by atoms with van der Waals surface area (Å²) in [6, 6.07) is 9.46. The number of aliphatic hydroxyl groups is 1. The zero-order valence-corrected chi connectivity index (χ0v) is 16.7. The summed E-state index contributed by atoms with van der Waals surface area (Å²) >= 11 is 0. The predicted molar refractivity (Wildman–Crippen MR) is 110 cm³/mol. The Bertz CT molecular complexity index is 994. The Morgan fingerprint density at radius 1 is 1.13 bits per heavy atom. The Kier molecular flexibility index (Phi) is 7.15. The predicted octanol–water partition coefficient (Wildman–Crippen LogP) is 4.93. The average molecular weight is 418 g/mol. The van der Waals surface area contributed by atoms with Crippen LogP contribution in [0.15, 0.2) is 42.5 Å². The SMILES string of the molecule is CCC(CO)NC(=O)C1CCC1.Fc1ccc(-c2cc3cc(F)cc(F)c3[nH]2)cc1. The molecule has 2 aromatic carbocycles. The largest absolute Gasteiger partial charge is 0.394 e. The van der Waals surface area contributed by atoms with E-state index in [1.165, 1.54) is 24.6 Å². The molecular weight excluding hydrogens is 393 g/mol. The van der Waals surface area contributed by atoms with Crippen LogP contribution in [0.4, 0.5) is 13.2 Å². The molecule has 7 heteroatoms. The third kappa shape index (κ3) is 5.21. The third-order valence-electron chi connectivity index (χ3n) is 5.34. The topological polar surface area (TPSA) is 65.1 Å². The number of carbonyl (C=O) groups excluding carboxylic acids is 1. The summed E-state index contributed by atoms with van der Waals surface area (Å²) < 4.78 is 39.4. The molecule has 4 rings (SSSR count). The van der Waals surface area contributed by atoms with Crippen molar-refractivity contribution in [3.05, 3.63) is 59.9 Å². The van der Waals surface area contributed by atoms with Crippen molar-refractivity contribution in [3.8, 4) is 11.3 Å². The summed E-state index contributed by atoms with van der Waals surface area (Å²) in [7, 11) is 0. The van der Waals surface area contributed by atoms with E-state index in [0.29, 0.717) is 16.6 Å². The van der Waals surface area contributed by atoms with Crippen LogP contribution in [0.1, 0.15) is 32.6 Å². The first-order chi connectivity index (χ1) is 14.4. The zero-order chi connectivity index (χ0) is 21.7. The standard InChI is InChI=1S/C14H8F3N.C9H17NO2/c15-10-3-1-8(2-4-10)13-6-9-5-11(16)7-12(17)14(9)18-13;1-2-8(6-11)10-9(12)7-4-3-5-7/h1-7,18H;7-8,11H,2-6H2,1H3,(H,10,12). The first kappa shape index (κ1) is 21.9. The molecule has 3 N–H and O–H groups in total. The first-order valence-corrected chi connectivity index (χ1v) is 10.1. The normalized spacial score (nSPS) is 14.6. The van der Waals surface area contributed by atoms with Crippen LogP contribution in [0.25, 0.3) is 22.2 Å². The summed E-state index contributed by atoms with van der Waals surface area (Å²) in [5.41, 5.74) is 1.58. The van der Waals surface area contributed by atoms with Crippen molar-refractivity contribution in [2.24, 2.45) is 5.92 Å². The number of aromatic amines is 1. The fourth-order valence-corrected chi connectivity index (χ4v) is 3.22. The van der Waals surface area contributed by atoms with Crippen LogP contribution in [0, 0.1) is 23.4 Å². The molecular formula is C23H25F3N2O2. The second-order valence-electron chi connectivity index (χ2n) is 7.47. The molecule has 1 aromatic heterocycles. The molecule has 1 heterocycles. The van der Waals surface area contributed by atoms with Crippen molar-refractivity contribution in [1.82, 2.24) is 10.3 Å². The van der Waals surface area contributed by atoms with E-state index in [4.69, 9.17) is 5.11 Å². The fraction of sp³-hybridized carbons (Fsp3) is 0.348. The molecule has 4 nitrogen and oxygen atoms in total. The minimum Gasteiger partial charge on any atom is -0.394 e. The van der Waals surface area contributed by atoms with Crippen molar-refractivity contribution >= 4 is 16.8 Å². The second-order valence-corrected chi connectivity index (χ2v) is 7.47. The van der Waals surface area contributed by atoms with E-state index in [-0.39, 0.29) is 35.8 Å². The lowest BCUT2D eigenvalue weighted by molar-refractivity contribution is -0.128. The van der Waals surface area contributed by atoms with Gasteiger partial charge in [0.1, 0.15) is 17.5 Å². The van der Waals surface area contributed by atoms with Gasteiger partial charge in [-0.15, -0.1) is 0 Å². The number of hydrogen-bond donors (Lipinski definition) is 3. The van der Waals surface area contributed by atoms with E-state index in [2.05, 4.69) is 10.3 Å². The summed E-state index contributed by atoms with van der Waals surface area (Å²) in [4.78, 5) is 14.2. The van der Waals surface area contributed by atoms with E-state index in [0.717, 1.165) is 25.3 Å². The Morgan fingerprint density at radius 2 is 1.83 bits per heavy atom. The van der Waals surface area contributed by atoms with Gasteiger partial charge in [0.05, 0.1) is 18.2 Å². The number of aromatic nitrogens is 1. The molecule has 1 fully saturated rings. The van der Waals surface area contributed by atoms with E-state index < -0.39 is 11.6 Å². The molecule has 1 atom stereocenters. The highest BCUT2D eigenvalue weighted by molar-refractivity contribution is 5.86. The number of fused-ring (bicyclic) bond motifs is 1. The molecule has 1 unspecified atom stereocenters. The summed E-state index contributed by atoms with van der Waals surface area (Å²) in [6.45, 7) is 2.01. The van der Waals surface area contributed by atoms with Crippen LogP contribution in [0.5, 0.6) is 0 Å². The molecule has 0 bridgehead atoms. The molecule has 0 aliphatic heterocycles. The smallest absolute Gasteiger partial charge is 0.223 e. The highest BCUT2D eigenvalue weighted by Crippen LogP contribution is 2.27. The van der Waals surface area contributed by atoms with Crippen LogP contribution in [0.2, 0.25) is 0 Å². The lowest BCUT2D eigenvalue weighted by Crippen LogP contribution is -2.42. The van der Waals surface area contributed by atoms with Crippen LogP contribution >= 0.6 is 0 Å². The molecule has 160 valence electrons. The Labute approximate surface area is 173 Å². The molecule has 3 aromatic rings. The van der Waals surface area contributed by atoms with Gasteiger partial charge in [-0.3, -0.25) is 4.79 Å². The number of halogens is 3. The lowest BCUT2D eigenvalue weighted by Gasteiger charge is -2.26. The van der Waals surface area contributed by atoms with Crippen LogP contribution < -0.4 is 5.32 Å². The number of amides is 1. The summed E-state index contributed by atoms with van der Waals surface area (Å²) in [6.07, 6.45) is 4.02. The summed E-state index contributed by atoms with van der Waals surface area (Å²) in [5, 5.41) is 12.1. The Hall–Kier alpha value is -2.80. The van der Waals surface area contributed by atoms with Gasteiger partial charge in [0.15, 0.2) is 0 Å². The van der Waals surface area contributed by atoms with Gasteiger partial charge in [0, 0.05) is 23.1 Å². The lowest BCUT2D eigenvalue weighted by atomic mass is 9.84. The van der Waals surface area contributed by atoms with Crippen molar-refractivity contribution in [2.75, 3.05) is 6.61 Å². The number of rotatable bonds is 5. The van der Waals surface area contributed by atoms with E-state index in [1.807, 2.05) is 6.92 Å². The van der Waals surface area contributed by atoms with Gasteiger partial charge in [0.25, 0.3) is 0 Å². The van der Waals surface area contributed by atoms with Gasteiger partial charge in [0.2, 0.25) is 5.91 Å². The van der Waals surface area contributed by atoms with Gasteiger partial charge in [-0.25, -0.2) is 13.2 Å². The van der Waals surface area contributed by atoms with E-state index in [1.54, 1.807) is 18.2 Å². The van der Waals surface area contributed by atoms with Crippen LogP contribution in [-0.2, 0) is 4.79 Å². The van der Waals surface area contributed by atoms with Crippen molar-refractivity contribution < 1.29 is 23.1 Å². The average Bonchev–Trinajstić information content (AvgIpc) is 3.10. The van der Waals surface area contributed by atoms with E-state index in [9.17, 15) is 18.0 Å². The third-order valence-corrected chi connectivity index (χ3v) is 5.34. The molecule has 1 amide bonds. The highest BCUT2D eigenvalue weighted by Gasteiger charge is 2.26. The number of H-pyrrole nitrogens is 1. The number of carbonyl (C=O) groups is 1. The second kappa shape index (κ2) is 9.80. The minimum absolute atomic E-state index is 0.0434. The summed E-state index contributed by atoms with van der Waals surface area (Å²) in [5.74, 6) is -1.25. The van der Waals surface area contributed by atoms with Crippen LogP contribution in [0.3, 0.4) is 0 Å². The maximum absolute atomic E-state index is 13.5. The van der Waals surface area contributed by atoms with Gasteiger partial charge >= 0.3 is 0 Å². The molecule has 0 radical (unpaired) electrons. The van der Waals surface area contributed by atoms with Gasteiger partial charge < -0.3 is 15.4 Å². The van der Waals surface area contributed by atoms with Gasteiger partial charge in [-0.1, -0.05) is 13.3 Å². The molecule has 30 heavy (non-hydrogen) atoms. The van der Waals surface area contributed by atoms with Crippen LogP contribution in [-0.4, -0.2) is 28.6 Å². The molecule has 0 spiro atoms. The van der Waals surface area contributed by atoms with Crippen molar-refractivity contribution in [1.29, 1.82) is 0 Å². The maximum atomic E-state index is 13.5. The van der Waals surface area contributed by atoms with Crippen molar-refractivity contribution in [2.45, 2.75) is 38.6 Å². The number of aliphatic hydroxyl groups excluding tert-OH is 1. The zero-order valence-electron chi connectivity index (χ0n) is 16.7. The van der Waals surface area contributed by atoms with Gasteiger partial charge in [-0.05, 0) is 61.2 Å². The van der Waals surface area contributed by atoms with Gasteiger partial charge in [-0.2, -0.15) is 0 Å². The maximum Gasteiger partial charge on any atom is 0.223 e. The number of nitrogens with one attached hydrogen (secondary N) is 2.